The predicted molar refractivity (Wildman–Crippen MR) is 111 cm³/mol. The van der Waals surface area contributed by atoms with Crippen LogP contribution in [-0.4, -0.2) is 16.7 Å². The first-order valence-electron chi connectivity index (χ1n) is 8.78. The summed E-state index contributed by atoms with van der Waals surface area (Å²) >= 11 is 0. The van der Waals surface area contributed by atoms with Crippen molar-refractivity contribution in [1.29, 1.82) is 0 Å². The van der Waals surface area contributed by atoms with Gasteiger partial charge in [-0.05, 0) is 22.9 Å². The van der Waals surface area contributed by atoms with Crippen molar-refractivity contribution in [2.75, 3.05) is 0 Å². The van der Waals surface area contributed by atoms with Crippen molar-refractivity contribution in [2.45, 2.75) is 6.54 Å². The molecule has 1 N–H and O–H groups in total. The molecule has 0 saturated carbocycles. The maximum atomic E-state index is 12.6. The fourth-order valence-corrected chi connectivity index (χ4v) is 3.31. The first kappa shape index (κ1) is 16.8. The Balaban J connectivity index is 1.60. The minimum absolute atomic E-state index is 0.224. The van der Waals surface area contributed by atoms with Gasteiger partial charge in [0.05, 0.1) is 6.21 Å². The van der Waals surface area contributed by atoms with E-state index in [9.17, 15) is 4.79 Å². The number of para-hydroxylation sites is 1. The summed E-state index contributed by atoms with van der Waals surface area (Å²) in [5, 5.41) is 7.21. The van der Waals surface area contributed by atoms with Gasteiger partial charge in [-0.3, -0.25) is 4.79 Å². The van der Waals surface area contributed by atoms with Crippen molar-refractivity contribution >= 4 is 33.8 Å². The lowest BCUT2D eigenvalue weighted by atomic mass is 10.0. The number of benzene rings is 3. The van der Waals surface area contributed by atoms with Crippen molar-refractivity contribution < 1.29 is 4.79 Å². The van der Waals surface area contributed by atoms with Crippen LogP contribution in [0.3, 0.4) is 0 Å². The zero-order valence-corrected chi connectivity index (χ0v) is 14.8. The standard InChI is InChI=1S/C23H19N3O/c1-2-14-26-16-18(20-11-5-6-13-22(20)26)15-24-25-23(27)21-12-7-9-17-8-3-4-10-19(17)21/h2-13,15-16H,1,14H2,(H,25,27)/b24-15-. The van der Waals surface area contributed by atoms with Crippen LogP contribution in [0.25, 0.3) is 21.7 Å². The summed E-state index contributed by atoms with van der Waals surface area (Å²) < 4.78 is 2.11. The van der Waals surface area contributed by atoms with Gasteiger partial charge in [0, 0.05) is 34.8 Å². The molecular weight excluding hydrogens is 334 g/mol. The lowest BCUT2D eigenvalue weighted by Gasteiger charge is -2.04. The molecule has 4 heteroatoms. The van der Waals surface area contributed by atoms with Crippen LogP contribution >= 0.6 is 0 Å². The van der Waals surface area contributed by atoms with Crippen molar-refractivity contribution in [3.63, 3.8) is 0 Å². The van der Waals surface area contributed by atoms with Gasteiger partial charge in [0.15, 0.2) is 0 Å². The Bertz CT molecular complexity index is 1170. The normalized spacial score (nSPS) is 11.3. The van der Waals surface area contributed by atoms with Crippen molar-refractivity contribution in [1.82, 2.24) is 9.99 Å². The molecule has 0 atom stereocenters. The van der Waals surface area contributed by atoms with Gasteiger partial charge in [0.25, 0.3) is 5.91 Å². The number of rotatable bonds is 5. The molecule has 4 rings (SSSR count). The number of hydrazone groups is 1. The summed E-state index contributed by atoms with van der Waals surface area (Å²) in [5.74, 6) is -0.224. The maximum absolute atomic E-state index is 12.6. The molecule has 0 aliphatic heterocycles. The molecule has 27 heavy (non-hydrogen) atoms. The molecule has 0 aliphatic carbocycles. The molecule has 4 nitrogen and oxygen atoms in total. The summed E-state index contributed by atoms with van der Waals surface area (Å²) in [6.07, 6.45) is 5.56. The molecule has 0 saturated heterocycles. The van der Waals surface area contributed by atoms with E-state index in [4.69, 9.17) is 0 Å². The average molecular weight is 353 g/mol. The zero-order valence-electron chi connectivity index (χ0n) is 14.8. The second-order valence-electron chi connectivity index (χ2n) is 6.27. The summed E-state index contributed by atoms with van der Waals surface area (Å²) in [6, 6.07) is 21.6. The number of nitrogens with zero attached hydrogens (tertiary/aromatic N) is 2. The first-order chi connectivity index (χ1) is 13.3. The monoisotopic (exact) mass is 353 g/mol. The lowest BCUT2D eigenvalue weighted by Crippen LogP contribution is -2.17. The van der Waals surface area contributed by atoms with Crippen molar-refractivity contribution in [2.24, 2.45) is 5.10 Å². The number of carbonyl (C=O) groups excluding carboxylic acids is 1. The van der Waals surface area contributed by atoms with E-state index in [0.29, 0.717) is 5.56 Å². The summed E-state index contributed by atoms with van der Waals surface area (Å²) in [5.41, 5.74) is 5.32. The first-order valence-corrected chi connectivity index (χ1v) is 8.78. The van der Waals surface area contributed by atoms with Gasteiger partial charge in [0.1, 0.15) is 0 Å². The number of amides is 1. The Kier molecular flexibility index (Phi) is 4.54. The van der Waals surface area contributed by atoms with Gasteiger partial charge in [-0.2, -0.15) is 5.10 Å². The van der Waals surface area contributed by atoms with E-state index in [1.54, 1.807) is 6.21 Å². The second-order valence-corrected chi connectivity index (χ2v) is 6.27. The summed E-state index contributed by atoms with van der Waals surface area (Å²) in [7, 11) is 0. The molecule has 0 fully saturated rings. The third kappa shape index (κ3) is 3.25. The van der Waals surface area contributed by atoms with Crippen LogP contribution in [0.15, 0.2) is 90.7 Å². The van der Waals surface area contributed by atoms with Crippen LogP contribution in [-0.2, 0) is 6.54 Å². The number of carbonyl (C=O) groups is 1. The molecule has 0 aliphatic rings. The summed E-state index contributed by atoms with van der Waals surface area (Å²) in [6.45, 7) is 4.52. The molecule has 4 aromatic rings. The third-order valence-corrected chi connectivity index (χ3v) is 4.55. The van der Waals surface area contributed by atoms with Crippen LogP contribution in [0, 0.1) is 0 Å². The molecule has 1 amide bonds. The fourth-order valence-electron chi connectivity index (χ4n) is 3.31. The Labute approximate surface area is 157 Å². The molecule has 0 unspecified atom stereocenters. The van der Waals surface area contributed by atoms with Crippen LogP contribution in [0.1, 0.15) is 15.9 Å². The van der Waals surface area contributed by atoms with E-state index in [-0.39, 0.29) is 5.91 Å². The Morgan fingerprint density at radius 1 is 1.00 bits per heavy atom. The highest BCUT2D eigenvalue weighted by Gasteiger charge is 2.09. The second kappa shape index (κ2) is 7.30. The highest BCUT2D eigenvalue weighted by molar-refractivity contribution is 6.07. The number of allylic oxidation sites excluding steroid dienone is 1. The lowest BCUT2D eigenvalue weighted by molar-refractivity contribution is 0.0957. The Hall–Kier alpha value is -3.66. The van der Waals surface area contributed by atoms with Gasteiger partial charge in [-0.15, -0.1) is 6.58 Å². The van der Waals surface area contributed by atoms with E-state index >= 15 is 0 Å². The van der Waals surface area contributed by atoms with Crippen molar-refractivity contribution in [3.05, 3.63) is 96.7 Å². The minimum Gasteiger partial charge on any atom is -0.343 e. The third-order valence-electron chi connectivity index (χ3n) is 4.55. The number of hydrogen-bond acceptors (Lipinski definition) is 2. The van der Waals surface area contributed by atoms with Gasteiger partial charge in [-0.25, -0.2) is 5.43 Å². The number of hydrogen-bond donors (Lipinski definition) is 1. The molecule has 0 bridgehead atoms. The highest BCUT2D eigenvalue weighted by atomic mass is 16.2. The molecule has 1 heterocycles. The Morgan fingerprint density at radius 2 is 1.74 bits per heavy atom. The number of fused-ring (bicyclic) bond motifs is 2. The van der Waals surface area contributed by atoms with E-state index in [2.05, 4.69) is 27.7 Å². The van der Waals surface area contributed by atoms with E-state index in [1.165, 1.54) is 0 Å². The van der Waals surface area contributed by atoms with Gasteiger partial charge >= 0.3 is 0 Å². The fraction of sp³-hybridized carbons (Fsp3) is 0.0435. The highest BCUT2D eigenvalue weighted by Crippen LogP contribution is 2.20. The quantitative estimate of drug-likeness (QED) is 0.314. The van der Waals surface area contributed by atoms with E-state index in [0.717, 1.165) is 33.8 Å². The van der Waals surface area contributed by atoms with Crippen LogP contribution in [0.2, 0.25) is 0 Å². The van der Waals surface area contributed by atoms with Gasteiger partial charge in [-0.1, -0.05) is 60.7 Å². The Morgan fingerprint density at radius 3 is 2.59 bits per heavy atom. The average Bonchev–Trinajstić information content (AvgIpc) is 3.05. The molecule has 132 valence electrons. The van der Waals surface area contributed by atoms with Crippen LogP contribution < -0.4 is 5.43 Å². The molecular formula is C23H19N3O. The minimum atomic E-state index is -0.224. The van der Waals surface area contributed by atoms with E-state index in [1.807, 2.05) is 72.9 Å². The molecule has 0 spiro atoms. The predicted octanol–water partition coefficient (Wildman–Crippen LogP) is 4.74. The van der Waals surface area contributed by atoms with Gasteiger partial charge in [0.2, 0.25) is 0 Å². The van der Waals surface area contributed by atoms with Crippen molar-refractivity contribution in [3.8, 4) is 0 Å². The zero-order chi connectivity index (χ0) is 18.6. The maximum Gasteiger partial charge on any atom is 0.271 e. The molecule has 0 radical (unpaired) electrons. The largest absolute Gasteiger partial charge is 0.343 e. The number of nitrogens with one attached hydrogen (secondary N) is 1. The summed E-state index contributed by atoms with van der Waals surface area (Å²) in [4.78, 5) is 12.6. The van der Waals surface area contributed by atoms with Gasteiger partial charge < -0.3 is 4.57 Å². The SMILES string of the molecule is C=CCn1cc(/C=N\NC(=O)c2cccc3ccccc23)c2ccccc21. The number of aromatic nitrogens is 1. The molecule has 1 aromatic heterocycles. The smallest absolute Gasteiger partial charge is 0.271 e. The van der Waals surface area contributed by atoms with Crippen LogP contribution in [0.5, 0.6) is 0 Å². The van der Waals surface area contributed by atoms with E-state index < -0.39 is 0 Å². The van der Waals surface area contributed by atoms with Crippen LogP contribution in [0.4, 0.5) is 0 Å². The topological polar surface area (TPSA) is 46.4 Å². The molecule has 3 aromatic carbocycles.